The number of thioether (sulfide) groups is 1. The molecule has 1 aromatic heterocycles. The van der Waals surface area contributed by atoms with Crippen LogP contribution in [0.4, 0.5) is 5.69 Å². The quantitative estimate of drug-likeness (QED) is 0.634. The average Bonchev–Trinajstić information content (AvgIpc) is 2.62. The molecule has 0 bridgehead atoms. The van der Waals surface area contributed by atoms with E-state index in [4.69, 9.17) is 11.6 Å². The van der Waals surface area contributed by atoms with Gasteiger partial charge in [-0.05, 0) is 60.2 Å². The van der Waals surface area contributed by atoms with E-state index in [2.05, 4.69) is 16.4 Å². The zero-order chi connectivity index (χ0) is 16.8. The number of carbonyl (C=O) groups excluding carboxylic acids is 1. The predicted octanol–water partition coefficient (Wildman–Crippen LogP) is 5.28. The van der Waals surface area contributed by atoms with Gasteiger partial charge >= 0.3 is 0 Å². The summed E-state index contributed by atoms with van der Waals surface area (Å²) in [5.41, 5.74) is 2.53. The van der Waals surface area contributed by atoms with Gasteiger partial charge in [-0.2, -0.15) is 0 Å². The Balaban J connectivity index is 1.58. The van der Waals surface area contributed by atoms with Gasteiger partial charge in [0.1, 0.15) is 0 Å². The minimum absolute atomic E-state index is 0.151. The monoisotopic (exact) mass is 354 g/mol. The van der Waals surface area contributed by atoms with Crippen molar-refractivity contribution in [3.63, 3.8) is 0 Å². The molecule has 5 heteroatoms. The normalized spacial score (nSPS) is 10.4. The van der Waals surface area contributed by atoms with Crippen molar-refractivity contribution < 1.29 is 4.79 Å². The molecule has 3 nitrogen and oxygen atoms in total. The lowest BCUT2D eigenvalue weighted by Gasteiger charge is -2.07. The smallest absolute Gasteiger partial charge is 0.255 e. The number of nitrogens with one attached hydrogen (secondary N) is 1. The molecule has 0 spiro atoms. The van der Waals surface area contributed by atoms with E-state index in [0.717, 1.165) is 16.3 Å². The van der Waals surface area contributed by atoms with Crippen LogP contribution in [0, 0.1) is 0 Å². The molecule has 0 aliphatic heterocycles. The summed E-state index contributed by atoms with van der Waals surface area (Å²) < 4.78 is 0. The fourth-order valence-electron chi connectivity index (χ4n) is 2.09. The number of hydrogen-bond donors (Lipinski definition) is 1. The predicted molar refractivity (Wildman–Crippen MR) is 99.6 cm³/mol. The van der Waals surface area contributed by atoms with Crippen LogP contribution in [0.5, 0.6) is 0 Å². The summed E-state index contributed by atoms with van der Waals surface area (Å²) in [6.45, 7) is 0. The van der Waals surface area contributed by atoms with Gasteiger partial charge in [0, 0.05) is 39.3 Å². The van der Waals surface area contributed by atoms with Gasteiger partial charge < -0.3 is 5.32 Å². The standard InChI is InChI=1S/C19H15ClN2OS/c20-16-5-3-15(4-6-16)19(23)22-17-7-9-18(10-8-17)24-13-14-2-1-11-21-12-14/h1-12H,13H2,(H,22,23). The third-order valence-corrected chi connectivity index (χ3v) is 4.68. The number of carbonyl (C=O) groups is 1. The number of nitrogens with zero attached hydrogens (tertiary/aromatic N) is 1. The van der Waals surface area contributed by atoms with E-state index in [0.29, 0.717) is 10.6 Å². The van der Waals surface area contributed by atoms with Crippen LogP contribution in [-0.4, -0.2) is 10.9 Å². The van der Waals surface area contributed by atoms with Crippen LogP contribution in [0.15, 0.2) is 78.0 Å². The Hall–Kier alpha value is -2.30. The summed E-state index contributed by atoms with van der Waals surface area (Å²) in [5, 5.41) is 3.49. The number of hydrogen-bond acceptors (Lipinski definition) is 3. The Bertz CT molecular complexity index is 805. The highest BCUT2D eigenvalue weighted by Crippen LogP contribution is 2.24. The van der Waals surface area contributed by atoms with Crippen molar-refractivity contribution in [1.29, 1.82) is 0 Å². The molecule has 0 radical (unpaired) electrons. The molecule has 1 heterocycles. The highest BCUT2D eigenvalue weighted by Gasteiger charge is 2.06. The van der Waals surface area contributed by atoms with Crippen LogP contribution in [0.1, 0.15) is 15.9 Å². The first-order valence-corrected chi connectivity index (χ1v) is 8.76. The Labute approximate surface area is 150 Å². The summed E-state index contributed by atoms with van der Waals surface area (Å²) >= 11 is 7.56. The largest absolute Gasteiger partial charge is 0.322 e. The maximum Gasteiger partial charge on any atom is 0.255 e. The van der Waals surface area contributed by atoms with E-state index >= 15 is 0 Å². The van der Waals surface area contributed by atoms with Gasteiger partial charge in [0.2, 0.25) is 0 Å². The topological polar surface area (TPSA) is 42.0 Å². The third kappa shape index (κ3) is 4.60. The maximum absolute atomic E-state index is 12.2. The van der Waals surface area contributed by atoms with Gasteiger partial charge in [-0.1, -0.05) is 17.7 Å². The number of anilines is 1. The van der Waals surface area contributed by atoms with E-state index in [1.165, 1.54) is 5.56 Å². The van der Waals surface area contributed by atoms with Gasteiger partial charge in [-0.25, -0.2) is 0 Å². The summed E-state index contributed by atoms with van der Waals surface area (Å²) in [4.78, 5) is 17.4. The Morgan fingerprint density at radius 2 is 1.79 bits per heavy atom. The summed E-state index contributed by atoms with van der Waals surface area (Å²) in [5.74, 6) is 0.715. The van der Waals surface area contributed by atoms with Gasteiger partial charge in [0.05, 0.1) is 0 Å². The third-order valence-electron chi connectivity index (χ3n) is 3.35. The van der Waals surface area contributed by atoms with Crippen LogP contribution in [0.3, 0.4) is 0 Å². The number of pyridine rings is 1. The van der Waals surface area contributed by atoms with E-state index < -0.39 is 0 Å². The van der Waals surface area contributed by atoms with Crippen molar-refractivity contribution in [2.24, 2.45) is 0 Å². The Morgan fingerprint density at radius 1 is 1.04 bits per heavy atom. The molecule has 0 aliphatic carbocycles. The molecule has 3 aromatic rings. The molecule has 0 saturated carbocycles. The van der Waals surface area contributed by atoms with Crippen LogP contribution < -0.4 is 5.32 Å². The molecule has 2 aromatic carbocycles. The van der Waals surface area contributed by atoms with Crippen LogP contribution >= 0.6 is 23.4 Å². The Kier molecular flexibility index (Phi) is 5.51. The molecule has 0 saturated heterocycles. The zero-order valence-corrected chi connectivity index (χ0v) is 14.3. The first-order valence-electron chi connectivity index (χ1n) is 7.39. The lowest BCUT2D eigenvalue weighted by molar-refractivity contribution is 0.102. The summed E-state index contributed by atoms with van der Waals surface area (Å²) in [6.07, 6.45) is 3.64. The SMILES string of the molecule is O=C(Nc1ccc(SCc2cccnc2)cc1)c1ccc(Cl)cc1. The number of benzene rings is 2. The van der Waals surface area contributed by atoms with Crippen molar-refractivity contribution in [2.45, 2.75) is 10.6 Å². The number of halogens is 1. The van der Waals surface area contributed by atoms with Crippen molar-refractivity contribution >= 4 is 35.0 Å². The van der Waals surface area contributed by atoms with Gasteiger partial charge in [0.15, 0.2) is 0 Å². The molecule has 1 amide bonds. The first kappa shape index (κ1) is 16.6. The van der Waals surface area contributed by atoms with E-state index in [1.54, 1.807) is 42.2 Å². The van der Waals surface area contributed by atoms with Crippen molar-refractivity contribution in [2.75, 3.05) is 5.32 Å². The highest BCUT2D eigenvalue weighted by atomic mass is 35.5. The second-order valence-electron chi connectivity index (χ2n) is 5.14. The minimum atomic E-state index is -0.151. The first-order chi connectivity index (χ1) is 11.7. The van der Waals surface area contributed by atoms with Gasteiger partial charge in [0.25, 0.3) is 5.91 Å². The molecule has 0 fully saturated rings. The van der Waals surface area contributed by atoms with Crippen molar-refractivity contribution in [3.05, 3.63) is 89.2 Å². The van der Waals surface area contributed by atoms with E-state index in [1.807, 2.05) is 36.5 Å². The molecule has 0 unspecified atom stereocenters. The molecule has 1 N–H and O–H groups in total. The summed E-state index contributed by atoms with van der Waals surface area (Å²) in [6, 6.07) is 18.6. The van der Waals surface area contributed by atoms with Crippen molar-refractivity contribution in [3.8, 4) is 0 Å². The lowest BCUT2D eigenvalue weighted by atomic mass is 10.2. The lowest BCUT2D eigenvalue weighted by Crippen LogP contribution is -2.11. The second-order valence-corrected chi connectivity index (χ2v) is 6.62. The van der Waals surface area contributed by atoms with Gasteiger partial charge in [-0.15, -0.1) is 11.8 Å². The number of amides is 1. The van der Waals surface area contributed by atoms with Crippen LogP contribution in [-0.2, 0) is 5.75 Å². The zero-order valence-electron chi connectivity index (χ0n) is 12.8. The maximum atomic E-state index is 12.2. The molecule has 0 atom stereocenters. The minimum Gasteiger partial charge on any atom is -0.322 e. The number of aromatic nitrogens is 1. The van der Waals surface area contributed by atoms with Crippen LogP contribution in [0.2, 0.25) is 5.02 Å². The average molecular weight is 355 g/mol. The molecule has 3 rings (SSSR count). The molecule has 120 valence electrons. The van der Waals surface area contributed by atoms with Gasteiger partial charge in [-0.3, -0.25) is 9.78 Å². The second kappa shape index (κ2) is 7.99. The molecular formula is C19H15ClN2OS. The van der Waals surface area contributed by atoms with E-state index in [-0.39, 0.29) is 5.91 Å². The number of rotatable bonds is 5. The molecule has 0 aliphatic rings. The fraction of sp³-hybridized carbons (Fsp3) is 0.0526. The highest BCUT2D eigenvalue weighted by molar-refractivity contribution is 7.98. The van der Waals surface area contributed by atoms with E-state index in [9.17, 15) is 4.79 Å². The fourth-order valence-corrected chi connectivity index (χ4v) is 3.05. The van der Waals surface area contributed by atoms with Crippen molar-refractivity contribution in [1.82, 2.24) is 4.98 Å². The molecular weight excluding hydrogens is 340 g/mol. The Morgan fingerprint density at radius 3 is 2.46 bits per heavy atom. The summed E-state index contributed by atoms with van der Waals surface area (Å²) in [7, 11) is 0. The van der Waals surface area contributed by atoms with Crippen LogP contribution in [0.25, 0.3) is 0 Å². The molecule has 24 heavy (non-hydrogen) atoms.